The Labute approximate surface area is 197 Å². The van der Waals surface area contributed by atoms with Crippen LogP contribution in [-0.4, -0.2) is 41.6 Å². The minimum atomic E-state index is -4.49. The Morgan fingerprint density at radius 1 is 1.09 bits per heavy atom. The van der Waals surface area contributed by atoms with Crippen molar-refractivity contribution in [1.29, 1.82) is 0 Å². The number of nitrogens with zero attached hydrogens (tertiary/aromatic N) is 6. The molecule has 5 aromatic rings. The lowest BCUT2D eigenvalue weighted by molar-refractivity contribution is -0.140. The van der Waals surface area contributed by atoms with E-state index in [1.165, 1.54) is 17.9 Å². The first kappa shape index (κ1) is 22.3. The van der Waals surface area contributed by atoms with E-state index in [2.05, 4.69) is 35.2 Å². The van der Waals surface area contributed by atoms with Crippen molar-refractivity contribution in [3.8, 4) is 28.5 Å². The average molecular weight is 480 g/mol. The summed E-state index contributed by atoms with van der Waals surface area (Å²) in [5.74, 6) is 1.76. The molecule has 9 nitrogen and oxygen atoms in total. The molecule has 0 unspecified atom stereocenters. The third-order valence-corrected chi connectivity index (χ3v) is 5.37. The van der Waals surface area contributed by atoms with Crippen LogP contribution in [0.2, 0.25) is 0 Å². The standard InChI is InChI=1S/C23H19F3N8O/c1-34-11-17(23(24,25)26)31-22(34)14-5-3-13(4-6-14)9-28-20-18-21(30-12-29-18)33-19(32-20)15-10-27-8-7-16(15)35-2/h3-8,10-12H,9H2,1-2H3,(H2,28,29,30,32,33). The number of aryl methyl sites for hydroxylation is 1. The number of rotatable bonds is 6. The molecule has 0 saturated carbocycles. The smallest absolute Gasteiger partial charge is 0.434 e. The van der Waals surface area contributed by atoms with Gasteiger partial charge in [0.1, 0.15) is 17.1 Å². The number of ether oxygens (including phenoxy) is 1. The maximum absolute atomic E-state index is 13.0. The van der Waals surface area contributed by atoms with Crippen LogP contribution < -0.4 is 10.1 Å². The molecule has 0 aliphatic carbocycles. The summed E-state index contributed by atoms with van der Waals surface area (Å²) in [7, 11) is 3.09. The number of hydrogen-bond donors (Lipinski definition) is 2. The lowest BCUT2D eigenvalue weighted by atomic mass is 10.1. The van der Waals surface area contributed by atoms with Crippen LogP contribution >= 0.6 is 0 Å². The van der Waals surface area contributed by atoms with Crippen LogP contribution in [0.25, 0.3) is 33.9 Å². The number of fused-ring (bicyclic) bond motifs is 1. The molecule has 0 aliphatic rings. The number of anilines is 1. The SMILES string of the molecule is COc1ccncc1-c1nc(NCc2ccc(-c3nc(C(F)(F)F)cn3C)cc2)c2[nH]cnc2n1. The Morgan fingerprint density at radius 3 is 2.60 bits per heavy atom. The summed E-state index contributed by atoms with van der Waals surface area (Å²) in [5, 5.41) is 3.28. The molecule has 0 radical (unpaired) electrons. The first-order chi connectivity index (χ1) is 16.8. The van der Waals surface area contributed by atoms with Gasteiger partial charge in [0.05, 0.1) is 19.0 Å². The number of hydrogen-bond acceptors (Lipinski definition) is 7. The van der Waals surface area contributed by atoms with Gasteiger partial charge in [-0.3, -0.25) is 4.98 Å². The number of aromatic nitrogens is 7. The van der Waals surface area contributed by atoms with Gasteiger partial charge in [-0.15, -0.1) is 0 Å². The van der Waals surface area contributed by atoms with Crippen molar-refractivity contribution >= 4 is 17.0 Å². The number of pyridine rings is 1. The van der Waals surface area contributed by atoms with Crippen LogP contribution in [0.5, 0.6) is 5.75 Å². The van der Waals surface area contributed by atoms with Crippen molar-refractivity contribution < 1.29 is 17.9 Å². The number of methoxy groups -OCH3 is 1. The average Bonchev–Trinajstić information content (AvgIpc) is 3.49. The predicted octanol–water partition coefficient (Wildman–Crippen LogP) is 4.45. The van der Waals surface area contributed by atoms with E-state index in [4.69, 9.17) is 4.74 Å². The van der Waals surface area contributed by atoms with Crippen molar-refractivity contribution in [2.75, 3.05) is 12.4 Å². The van der Waals surface area contributed by atoms with E-state index < -0.39 is 11.9 Å². The summed E-state index contributed by atoms with van der Waals surface area (Å²) in [5.41, 5.74) is 2.30. The first-order valence-electron chi connectivity index (χ1n) is 10.5. The summed E-state index contributed by atoms with van der Waals surface area (Å²) in [6.45, 7) is 0.406. The van der Waals surface area contributed by atoms with Crippen LogP contribution in [-0.2, 0) is 19.8 Å². The van der Waals surface area contributed by atoms with Gasteiger partial charge in [0.2, 0.25) is 0 Å². The number of imidazole rings is 2. The van der Waals surface area contributed by atoms with Gasteiger partial charge in [0.25, 0.3) is 0 Å². The van der Waals surface area contributed by atoms with Gasteiger partial charge in [-0.2, -0.15) is 13.2 Å². The zero-order chi connectivity index (χ0) is 24.6. The van der Waals surface area contributed by atoms with Crippen molar-refractivity contribution in [2.45, 2.75) is 12.7 Å². The molecule has 0 amide bonds. The van der Waals surface area contributed by atoms with E-state index in [-0.39, 0.29) is 5.82 Å². The van der Waals surface area contributed by atoms with Crippen molar-refractivity contribution in [3.63, 3.8) is 0 Å². The fourth-order valence-electron chi connectivity index (χ4n) is 3.64. The third-order valence-electron chi connectivity index (χ3n) is 5.37. The summed E-state index contributed by atoms with van der Waals surface area (Å²) in [6, 6.07) is 8.83. The van der Waals surface area contributed by atoms with Gasteiger partial charge in [-0.1, -0.05) is 24.3 Å². The largest absolute Gasteiger partial charge is 0.496 e. The zero-order valence-corrected chi connectivity index (χ0v) is 18.6. The Balaban J connectivity index is 1.39. The maximum atomic E-state index is 13.0. The number of alkyl halides is 3. The zero-order valence-electron chi connectivity index (χ0n) is 18.6. The fourth-order valence-corrected chi connectivity index (χ4v) is 3.64. The normalized spacial score (nSPS) is 11.7. The molecule has 4 aromatic heterocycles. The van der Waals surface area contributed by atoms with Crippen molar-refractivity contribution in [3.05, 3.63) is 66.5 Å². The molecule has 0 fully saturated rings. The summed E-state index contributed by atoms with van der Waals surface area (Å²) in [4.78, 5) is 24.3. The highest BCUT2D eigenvalue weighted by Gasteiger charge is 2.34. The van der Waals surface area contributed by atoms with Gasteiger partial charge in [-0.05, 0) is 11.6 Å². The Morgan fingerprint density at radius 2 is 1.89 bits per heavy atom. The van der Waals surface area contributed by atoms with Crippen molar-refractivity contribution in [2.24, 2.45) is 7.05 Å². The second-order valence-electron chi connectivity index (χ2n) is 7.68. The molecule has 2 N–H and O–H groups in total. The number of benzene rings is 1. The molecule has 178 valence electrons. The molecule has 1 aromatic carbocycles. The molecule has 0 aliphatic heterocycles. The van der Waals surface area contributed by atoms with Crippen LogP contribution in [0.3, 0.4) is 0 Å². The van der Waals surface area contributed by atoms with Crippen LogP contribution in [0.15, 0.2) is 55.2 Å². The lowest BCUT2D eigenvalue weighted by Crippen LogP contribution is -2.05. The third kappa shape index (κ3) is 4.37. The molecule has 4 heterocycles. The summed E-state index contributed by atoms with van der Waals surface area (Å²) in [6.07, 6.45) is 1.26. The Bertz CT molecular complexity index is 1490. The predicted molar refractivity (Wildman–Crippen MR) is 122 cm³/mol. The lowest BCUT2D eigenvalue weighted by Gasteiger charge is -2.11. The molecule has 35 heavy (non-hydrogen) atoms. The van der Waals surface area contributed by atoms with Gasteiger partial charge in [-0.25, -0.2) is 19.9 Å². The summed E-state index contributed by atoms with van der Waals surface area (Å²) < 4.78 is 45.7. The molecule has 0 atom stereocenters. The Hall–Kier alpha value is -4.48. The van der Waals surface area contributed by atoms with Crippen molar-refractivity contribution in [1.82, 2.24) is 34.5 Å². The highest BCUT2D eigenvalue weighted by Crippen LogP contribution is 2.31. The molecule has 5 rings (SSSR count). The van der Waals surface area contributed by atoms with E-state index in [9.17, 15) is 13.2 Å². The quantitative estimate of drug-likeness (QED) is 0.370. The van der Waals surface area contributed by atoms with Gasteiger partial charge >= 0.3 is 6.18 Å². The minimum Gasteiger partial charge on any atom is -0.496 e. The highest BCUT2D eigenvalue weighted by molar-refractivity contribution is 5.85. The van der Waals surface area contributed by atoms with E-state index >= 15 is 0 Å². The fraction of sp³-hybridized carbons (Fsp3) is 0.174. The maximum Gasteiger partial charge on any atom is 0.434 e. The minimum absolute atomic E-state index is 0.238. The van der Waals surface area contributed by atoms with Crippen LogP contribution in [0.1, 0.15) is 11.3 Å². The van der Waals surface area contributed by atoms with Gasteiger partial charge in [0.15, 0.2) is 23.0 Å². The van der Waals surface area contributed by atoms with Gasteiger partial charge in [0, 0.05) is 37.7 Å². The highest BCUT2D eigenvalue weighted by atomic mass is 19.4. The van der Waals surface area contributed by atoms with E-state index in [1.54, 1.807) is 37.7 Å². The number of nitrogens with one attached hydrogen (secondary N) is 2. The molecule has 0 saturated heterocycles. The topological polar surface area (TPSA) is 106 Å². The second kappa shape index (κ2) is 8.70. The van der Waals surface area contributed by atoms with E-state index in [0.717, 1.165) is 11.8 Å². The molecular formula is C23H19F3N8O. The summed E-state index contributed by atoms with van der Waals surface area (Å²) >= 11 is 0. The van der Waals surface area contributed by atoms with E-state index in [0.29, 0.717) is 46.2 Å². The molecule has 0 spiro atoms. The van der Waals surface area contributed by atoms with Gasteiger partial charge < -0.3 is 19.6 Å². The number of H-pyrrole nitrogens is 1. The number of aromatic amines is 1. The first-order valence-corrected chi connectivity index (χ1v) is 10.5. The Kier molecular flexibility index (Phi) is 5.55. The number of halogens is 3. The van der Waals surface area contributed by atoms with Crippen LogP contribution in [0.4, 0.5) is 19.0 Å². The monoisotopic (exact) mass is 480 g/mol. The molecular weight excluding hydrogens is 461 g/mol. The molecule has 12 heteroatoms. The second-order valence-corrected chi connectivity index (χ2v) is 7.68. The van der Waals surface area contributed by atoms with E-state index in [1.807, 2.05) is 12.1 Å². The van der Waals surface area contributed by atoms with Crippen LogP contribution in [0, 0.1) is 0 Å². The molecule has 0 bridgehead atoms.